The first-order valence-corrected chi connectivity index (χ1v) is 6.48. The van der Waals surface area contributed by atoms with Crippen LogP contribution in [0.1, 0.15) is 24.0 Å². The topological polar surface area (TPSA) is 71.2 Å². The van der Waals surface area contributed by atoms with Crippen LogP contribution in [-0.2, 0) is 0 Å². The fourth-order valence-corrected chi connectivity index (χ4v) is 1.72. The molecular formula is C14H18N4O2. The average Bonchev–Trinajstić information content (AvgIpc) is 2.94. The fourth-order valence-electron chi connectivity index (χ4n) is 1.72. The molecule has 0 bridgehead atoms. The molecule has 20 heavy (non-hydrogen) atoms. The Morgan fingerprint density at radius 2 is 2.10 bits per heavy atom. The van der Waals surface area contributed by atoms with E-state index in [9.17, 15) is 9.90 Å². The van der Waals surface area contributed by atoms with Gasteiger partial charge in [-0.15, -0.1) is 5.10 Å². The van der Waals surface area contributed by atoms with E-state index in [4.69, 9.17) is 0 Å². The highest BCUT2D eigenvalue weighted by atomic mass is 16.3. The smallest absolute Gasteiger partial charge is 0.293 e. The van der Waals surface area contributed by atoms with Gasteiger partial charge in [0, 0.05) is 13.6 Å². The third-order valence-electron chi connectivity index (χ3n) is 2.93. The van der Waals surface area contributed by atoms with E-state index in [-0.39, 0.29) is 11.7 Å². The van der Waals surface area contributed by atoms with Crippen LogP contribution in [0.5, 0.6) is 0 Å². The molecule has 0 fully saturated rings. The summed E-state index contributed by atoms with van der Waals surface area (Å²) in [6.45, 7) is 2.16. The van der Waals surface area contributed by atoms with Crippen LogP contribution in [0.15, 0.2) is 36.7 Å². The van der Waals surface area contributed by atoms with Gasteiger partial charge in [0.15, 0.2) is 0 Å². The van der Waals surface area contributed by atoms with E-state index in [0.29, 0.717) is 13.0 Å². The first-order valence-electron chi connectivity index (χ1n) is 6.48. The minimum absolute atomic E-state index is 0.155. The van der Waals surface area contributed by atoms with Crippen molar-refractivity contribution < 1.29 is 9.90 Å². The molecule has 6 nitrogen and oxygen atoms in total. The Labute approximate surface area is 117 Å². The fraction of sp³-hybridized carbons (Fsp3) is 0.357. The molecule has 0 saturated heterocycles. The highest BCUT2D eigenvalue weighted by Gasteiger charge is 2.17. The van der Waals surface area contributed by atoms with Crippen molar-refractivity contribution in [1.29, 1.82) is 0 Å². The molecule has 1 amide bonds. The first-order chi connectivity index (χ1) is 9.58. The van der Waals surface area contributed by atoms with E-state index >= 15 is 0 Å². The lowest BCUT2D eigenvalue weighted by Crippen LogP contribution is -2.30. The summed E-state index contributed by atoms with van der Waals surface area (Å²) < 4.78 is 1.57. The minimum Gasteiger partial charge on any atom is -0.393 e. The van der Waals surface area contributed by atoms with E-state index < -0.39 is 6.10 Å². The van der Waals surface area contributed by atoms with Crippen molar-refractivity contribution >= 4 is 5.91 Å². The Morgan fingerprint density at radius 1 is 1.40 bits per heavy atom. The number of nitrogens with zero attached hydrogens (tertiary/aromatic N) is 4. The van der Waals surface area contributed by atoms with Crippen molar-refractivity contribution in [3.05, 3.63) is 42.5 Å². The number of aliphatic hydroxyl groups is 1. The SMILES string of the molecule is CC(O)CCN(C)C(=O)c1ncn(-c2ccccc2)n1. The predicted molar refractivity (Wildman–Crippen MR) is 74.6 cm³/mol. The maximum Gasteiger partial charge on any atom is 0.293 e. The molecule has 0 aliphatic rings. The molecule has 1 atom stereocenters. The zero-order valence-corrected chi connectivity index (χ0v) is 11.6. The van der Waals surface area contributed by atoms with Crippen LogP contribution < -0.4 is 0 Å². The molecule has 1 aromatic carbocycles. The van der Waals surface area contributed by atoms with Crippen molar-refractivity contribution in [3.8, 4) is 5.69 Å². The molecule has 0 aliphatic heterocycles. The number of aromatic nitrogens is 3. The number of hydrogen-bond acceptors (Lipinski definition) is 4. The third kappa shape index (κ3) is 3.42. The van der Waals surface area contributed by atoms with Gasteiger partial charge in [-0.05, 0) is 25.5 Å². The van der Waals surface area contributed by atoms with Crippen LogP contribution in [0.4, 0.5) is 0 Å². The molecule has 1 N–H and O–H groups in total. The molecule has 6 heteroatoms. The molecule has 0 saturated carbocycles. The van der Waals surface area contributed by atoms with Crippen LogP contribution >= 0.6 is 0 Å². The molecule has 1 aromatic heterocycles. The molecule has 106 valence electrons. The van der Waals surface area contributed by atoms with Crippen LogP contribution in [0, 0.1) is 0 Å². The maximum atomic E-state index is 12.1. The second kappa shape index (κ2) is 6.29. The van der Waals surface area contributed by atoms with Gasteiger partial charge in [-0.1, -0.05) is 18.2 Å². The predicted octanol–water partition coefficient (Wildman–Crippen LogP) is 1.11. The summed E-state index contributed by atoms with van der Waals surface area (Å²) in [5.41, 5.74) is 0.852. The Bertz CT molecular complexity index is 566. The number of benzene rings is 1. The Hall–Kier alpha value is -2.21. The number of aliphatic hydroxyl groups excluding tert-OH is 1. The quantitative estimate of drug-likeness (QED) is 0.886. The van der Waals surface area contributed by atoms with Crippen molar-refractivity contribution in [2.24, 2.45) is 0 Å². The maximum absolute atomic E-state index is 12.1. The number of hydrogen-bond donors (Lipinski definition) is 1. The van der Waals surface area contributed by atoms with Gasteiger partial charge in [0.25, 0.3) is 5.91 Å². The van der Waals surface area contributed by atoms with Gasteiger partial charge >= 0.3 is 0 Å². The van der Waals surface area contributed by atoms with Gasteiger partial charge in [0.1, 0.15) is 6.33 Å². The molecule has 2 aromatic rings. The Kier molecular flexibility index (Phi) is 4.47. The van der Waals surface area contributed by atoms with Crippen molar-refractivity contribution in [1.82, 2.24) is 19.7 Å². The lowest BCUT2D eigenvalue weighted by atomic mass is 10.3. The normalized spacial score (nSPS) is 12.2. The lowest BCUT2D eigenvalue weighted by Gasteiger charge is -2.15. The van der Waals surface area contributed by atoms with Gasteiger partial charge in [-0.2, -0.15) is 0 Å². The average molecular weight is 274 g/mol. The van der Waals surface area contributed by atoms with E-state index in [1.807, 2.05) is 30.3 Å². The summed E-state index contributed by atoms with van der Waals surface area (Å²) in [7, 11) is 1.67. The molecule has 0 spiro atoms. The number of amides is 1. The van der Waals surface area contributed by atoms with Gasteiger partial charge in [-0.3, -0.25) is 4.79 Å². The van der Waals surface area contributed by atoms with Crippen LogP contribution in [0.2, 0.25) is 0 Å². The minimum atomic E-state index is -0.430. The third-order valence-corrected chi connectivity index (χ3v) is 2.93. The number of para-hydroxylation sites is 1. The number of rotatable bonds is 5. The van der Waals surface area contributed by atoms with Gasteiger partial charge in [-0.25, -0.2) is 9.67 Å². The summed E-state index contributed by atoms with van der Waals surface area (Å²) >= 11 is 0. The summed E-state index contributed by atoms with van der Waals surface area (Å²) in [6.07, 6.45) is 1.62. The Morgan fingerprint density at radius 3 is 2.75 bits per heavy atom. The van der Waals surface area contributed by atoms with Crippen molar-refractivity contribution in [2.75, 3.05) is 13.6 Å². The number of carbonyl (C=O) groups excluding carboxylic acids is 1. The standard InChI is InChI=1S/C14H18N4O2/c1-11(19)8-9-17(2)14(20)13-15-10-18(16-13)12-6-4-3-5-7-12/h3-7,10-11,19H,8-9H2,1-2H3. The molecule has 0 radical (unpaired) electrons. The summed E-state index contributed by atoms with van der Waals surface area (Å²) in [5.74, 6) is -0.0951. The second-order valence-corrected chi connectivity index (χ2v) is 4.71. The first kappa shape index (κ1) is 14.2. The van der Waals surface area contributed by atoms with E-state index in [2.05, 4.69) is 10.1 Å². The van der Waals surface area contributed by atoms with E-state index in [0.717, 1.165) is 5.69 Å². The van der Waals surface area contributed by atoms with Gasteiger partial charge in [0.2, 0.25) is 5.82 Å². The van der Waals surface area contributed by atoms with E-state index in [1.54, 1.807) is 18.7 Å². The zero-order valence-electron chi connectivity index (χ0n) is 11.6. The molecule has 0 aliphatic carbocycles. The van der Waals surface area contributed by atoms with Crippen LogP contribution in [0.3, 0.4) is 0 Å². The Balaban J connectivity index is 2.07. The van der Waals surface area contributed by atoms with Crippen LogP contribution in [0.25, 0.3) is 5.69 Å². The van der Waals surface area contributed by atoms with Gasteiger partial charge in [0.05, 0.1) is 11.8 Å². The second-order valence-electron chi connectivity index (χ2n) is 4.71. The highest BCUT2D eigenvalue weighted by Crippen LogP contribution is 2.06. The van der Waals surface area contributed by atoms with Crippen molar-refractivity contribution in [2.45, 2.75) is 19.4 Å². The largest absolute Gasteiger partial charge is 0.393 e. The van der Waals surface area contributed by atoms with Gasteiger partial charge < -0.3 is 10.0 Å². The molecular weight excluding hydrogens is 256 g/mol. The lowest BCUT2D eigenvalue weighted by molar-refractivity contribution is 0.0757. The zero-order chi connectivity index (χ0) is 14.5. The molecule has 2 rings (SSSR count). The summed E-state index contributed by atoms with van der Waals surface area (Å²) in [6, 6.07) is 9.48. The summed E-state index contributed by atoms with van der Waals surface area (Å²) in [4.78, 5) is 17.7. The highest BCUT2D eigenvalue weighted by molar-refractivity contribution is 5.90. The van der Waals surface area contributed by atoms with Crippen LogP contribution in [-0.4, -0.2) is 50.4 Å². The summed E-state index contributed by atoms with van der Waals surface area (Å²) in [5, 5.41) is 13.4. The van der Waals surface area contributed by atoms with Crippen molar-refractivity contribution in [3.63, 3.8) is 0 Å². The molecule has 1 heterocycles. The monoisotopic (exact) mass is 274 g/mol. The molecule has 1 unspecified atom stereocenters. The number of carbonyl (C=O) groups is 1. The van der Waals surface area contributed by atoms with E-state index in [1.165, 1.54) is 11.2 Å².